The van der Waals surface area contributed by atoms with Crippen LogP contribution in [-0.4, -0.2) is 29.9 Å². The number of nitrogen functional groups attached to an aromatic ring is 1. The van der Waals surface area contributed by atoms with E-state index in [1.165, 1.54) is 18.2 Å². The molecule has 0 aliphatic heterocycles. The largest absolute Gasteiger partial charge is 0.396 e. The number of anilines is 1. The summed E-state index contributed by atoms with van der Waals surface area (Å²) in [5.41, 5.74) is 5.32. The molecule has 5 heteroatoms. The van der Waals surface area contributed by atoms with E-state index in [-0.39, 0.29) is 17.8 Å². The third-order valence-corrected chi connectivity index (χ3v) is 2.15. The van der Waals surface area contributed by atoms with Crippen LogP contribution in [0.4, 0.5) is 10.1 Å². The zero-order chi connectivity index (χ0) is 11.4. The number of hydrogen-bond acceptors (Lipinski definition) is 4. The molecule has 0 bridgehead atoms. The lowest BCUT2D eigenvalue weighted by atomic mass is 10.0. The second kappa shape index (κ2) is 5.06. The molecule has 0 fully saturated rings. The molecule has 0 amide bonds. The highest BCUT2D eigenvalue weighted by Gasteiger charge is 2.21. The first kappa shape index (κ1) is 11.9. The van der Waals surface area contributed by atoms with Crippen molar-refractivity contribution in [2.75, 3.05) is 19.3 Å². The first-order valence-electron chi connectivity index (χ1n) is 4.62. The number of nitrogens with two attached hydrogens (primary N) is 1. The number of aliphatic hydroxyl groups is 2. The molecular weight excluding hydrogens is 199 g/mol. The average molecular weight is 214 g/mol. The van der Waals surface area contributed by atoms with Crippen molar-refractivity contribution in [1.82, 2.24) is 5.32 Å². The van der Waals surface area contributed by atoms with Crippen LogP contribution in [0.3, 0.4) is 0 Å². The Hall–Kier alpha value is -1.17. The average Bonchev–Trinajstić information content (AvgIpc) is 2.21. The summed E-state index contributed by atoms with van der Waals surface area (Å²) in [5.74, 6) is -0.680. The fourth-order valence-corrected chi connectivity index (χ4v) is 1.32. The van der Waals surface area contributed by atoms with Crippen molar-refractivity contribution in [3.63, 3.8) is 0 Å². The minimum absolute atomic E-state index is 0.0118. The molecule has 15 heavy (non-hydrogen) atoms. The van der Waals surface area contributed by atoms with Crippen LogP contribution in [0.1, 0.15) is 11.7 Å². The quantitative estimate of drug-likeness (QED) is 0.533. The predicted molar refractivity (Wildman–Crippen MR) is 55.7 cm³/mol. The van der Waals surface area contributed by atoms with Crippen LogP contribution in [-0.2, 0) is 0 Å². The highest BCUT2D eigenvalue weighted by molar-refractivity contribution is 5.43. The zero-order valence-corrected chi connectivity index (χ0v) is 8.44. The van der Waals surface area contributed by atoms with E-state index < -0.39 is 18.0 Å². The molecule has 0 heterocycles. The molecule has 0 radical (unpaired) electrons. The molecule has 0 aliphatic rings. The second-order valence-corrected chi connectivity index (χ2v) is 3.32. The van der Waals surface area contributed by atoms with Crippen molar-refractivity contribution in [2.24, 2.45) is 0 Å². The molecule has 1 rings (SSSR count). The van der Waals surface area contributed by atoms with Crippen molar-refractivity contribution < 1.29 is 14.6 Å². The molecule has 0 spiro atoms. The second-order valence-electron chi connectivity index (χ2n) is 3.32. The van der Waals surface area contributed by atoms with Gasteiger partial charge in [-0.15, -0.1) is 0 Å². The molecule has 84 valence electrons. The summed E-state index contributed by atoms with van der Waals surface area (Å²) in [7, 11) is 1.63. The van der Waals surface area contributed by atoms with Crippen LogP contribution < -0.4 is 11.1 Å². The number of benzene rings is 1. The summed E-state index contributed by atoms with van der Waals surface area (Å²) in [6, 6.07) is 4.33. The maximum Gasteiger partial charge on any atom is 0.151 e. The number of aliphatic hydroxyl groups excluding tert-OH is 2. The SMILES string of the molecule is CNCC(O)C(O)c1cccc(N)c1F. The van der Waals surface area contributed by atoms with E-state index in [1.807, 2.05) is 0 Å². The first-order chi connectivity index (χ1) is 7.07. The van der Waals surface area contributed by atoms with Crippen LogP contribution in [0.5, 0.6) is 0 Å². The highest BCUT2D eigenvalue weighted by Crippen LogP contribution is 2.23. The lowest BCUT2D eigenvalue weighted by Gasteiger charge is -2.18. The Morgan fingerprint density at radius 2 is 2.13 bits per heavy atom. The normalized spacial score (nSPS) is 14.9. The van der Waals surface area contributed by atoms with Gasteiger partial charge in [0.15, 0.2) is 5.82 Å². The number of likely N-dealkylation sites (N-methyl/N-ethyl adjacent to an activating group) is 1. The fourth-order valence-electron chi connectivity index (χ4n) is 1.32. The minimum atomic E-state index is -1.28. The van der Waals surface area contributed by atoms with E-state index in [1.54, 1.807) is 7.05 Å². The van der Waals surface area contributed by atoms with E-state index in [2.05, 4.69) is 5.32 Å². The predicted octanol–water partition coefficient (Wildman–Crippen LogP) is 0.0216. The maximum atomic E-state index is 13.4. The summed E-state index contributed by atoms with van der Waals surface area (Å²) in [6.45, 7) is 0.176. The van der Waals surface area contributed by atoms with Crippen LogP contribution in [0.25, 0.3) is 0 Å². The van der Waals surface area contributed by atoms with E-state index >= 15 is 0 Å². The summed E-state index contributed by atoms with van der Waals surface area (Å²) in [4.78, 5) is 0. The summed E-state index contributed by atoms with van der Waals surface area (Å²) in [5, 5.41) is 21.8. The minimum Gasteiger partial charge on any atom is -0.396 e. The van der Waals surface area contributed by atoms with E-state index in [4.69, 9.17) is 5.73 Å². The molecule has 2 atom stereocenters. The summed E-state index contributed by atoms with van der Waals surface area (Å²) >= 11 is 0. The molecule has 4 nitrogen and oxygen atoms in total. The molecular formula is C10H15FN2O2. The third kappa shape index (κ3) is 2.65. The van der Waals surface area contributed by atoms with Crippen molar-refractivity contribution in [3.05, 3.63) is 29.6 Å². The Morgan fingerprint density at radius 3 is 2.73 bits per heavy atom. The van der Waals surface area contributed by atoms with E-state index in [0.29, 0.717) is 0 Å². The van der Waals surface area contributed by atoms with Gasteiger partial charge >= 0.3 is 0 Å². The molecule has 0 aromatic heterocycles. The standard InChI is InChI=1S/C10H15FN2O2/c1-13-5-8(14)10(15)6-3-2-4-7(12)9(6)11/h2-4,8,10,13-15H,5,12H2,1H3. The molecule has 0 saturated heterocycles. The van der Waals surface area contributed by atoms with Gasteiger partial charge < -0.3 is 21.3 Å². The van der Waals surface area contributed by atoms with Gasteiger partial charge in [0.1, 0.15) is 6.10 Å². The first-order valence-corrected chi connectivity index (χ1v) is 4.62. The Labute approximate surface area is 87.5 Å². The Balaban J connectivity index is 2.90. The van der Waals surface area contributed by atoms with Gasteiger partial charge in [0.25, 0.3) is 0 Å². The van der Waals surface area contributed by atoms with Crippen molar-refractivity contribution in [1.29, 1.82) is 0 Å². The lowest BCUT2D eigenvalue weighted by molar-refractivity contribution is 0.0182. The number of nitrogens with one attached hydrogen (secondary N) is 1. The smallest absolute Gasteiger partial charge is 0.151 e. The van der Waals surface area contributed by atoms with Crippen LogP contribution in [0.15, 0.2) is 18.2 Å². The Bertz CT molecular complexity index is 333. The zero-order valence-electron chi connectivity index (χ0n) is 8.44. The number of rotatable bonds is 4. The van der Waals surface area contributed by atoms with Gasteiger partial charge in [0, 0.05) is 12.1 Å². The molecule has 0 aliphatic carbocycles. The fraction of sp³-hybridized carbons (Fsp3) is 0.400. The van der Waals surface area contributed by atoms with Gasteiger partial charge in [-0.1, -0.05) is 12.1 Å². The molecule has 1 aromatic carbocycles. The molecule has 1 aromatic rings. The van der Waals surface area contributed by atoms with Crippen molar-refractivity contribution >= 4 is 5.69 Å². The van der Waals surface area contributed by atoms with Crippen LogP contribution in [0.2, 0.25) is 0 Å². The Morgan fingerprint density at radius 1 is 1.47 bits per heavy atom. The van der Waals surface area contributed by atoms with Crippen molar-refractivity contribution in [3.8, 4) is 0 Å². The molecule has 5 N–H and O–H groups in total. The maximum absolute atomic E-state index is 13.4. The van der Waals surface area contributed by atoms with Crippen LogP contribution in [0, 0.1) is 5.82 Å². The number of halogens is 1. The summed E-state index contributed by atoms with van der Waals surface area (Å²) in [6.07, 6.45) is -2.34. The highest BCUT2D eigenvalue weighted by atomic mass is 19.1. The summed E-state index contributed by atoms with van der Waals surface area (Å²) < 4.78 is 13.4. The number of hydrogen-bond donors (Lipinski definition) is 4. The van der Waals surface area contributed by atoms with E-state index in [0.717, 1.165) is 0 Å². The van der Waals surface area contributed by atoms with Crippen molar-refractivity contribution in [2.45, 2.75) is 12.2 Å². The van der Waals surface area contributed by atoms with E-state index in [9.17, 15) is 14.6 Å². The lowest BCUT2D eigenvalue weighted by Crippen LogP contribution is -2.30. The molecule has 0 saturated carbocycles. The topological polar surface area (TPSA) is 78.5 Å². The molecule has 2 unspecified atom stereocenters. The van der Waals surface area contributed by atoms with Gasteiger partial charge in [-0.2, -0.15) is 0 Å². The third-order valence-electron chi connectivity index (χ3n) is 2.15. The van der Waals surface area contributed by atoms with Gasteiger partial charge in [-0.05, 0) is 13.1 Å². The Kier molecular flexibility index (Phi) is 4.02. The van der Waals surface area contributed by atoms with Crippen LogP contribution >= 0.6 is 0 Å². The van der Waals surface area contributed by atoms with Gasteiger partial charge in [0.2, 0.25) is 0 Å². The van der Waals surface area contributed by atoms with Gasteiger partial charge in [-0.3, -0.25) is 0 Å². The van der Waals surface area contributed by atoms with Gasteiger partial charge in [0.05, 0.1) is 11.8 Å². The monoisotopic (exact) mass is 214 g/mol. The van der Waals surface area contributed by atoms with Gasteiger partial charge in [-0.25, -0.2) is 4.39 Å².